The zero-order valence-electron chi connectivity index (χ0n) is 15.7. The summed E-state index contributed by atoms with van der Waals surface area (Å²) in [6.45, 7) is 0.0274. The number of nitrogens with zero attached hydrogens (tertiary/aromatic N) is 2. The fourth-order valence-corrected chi connectivity index (χ4v) is 3.08. The minimum Gasteiger partial charge on any atom is -0.478 e. The van der Waals surface area contributed by atoms with Gasteiger partial charge < -0.3 is 19.4 Å². The number of H-pyrrole nitrogens is 1. The third-order valence-corrected chi connectivity index (χ3v) is 4.69. The third kappa shape index (κ3) is 3.97. The molecule has 0 aliphatic rings. The molecule has 150 valence electrons. The van der Waals surface area contributed by atoms with E-state index in [9.17, 15) is 14.4 Å². The number of hydrogen-bond donors (Lipinski definition) is 2. The molecule has 0 saturated carbocycles. The van der Waals surface area contributed by atoms with Gasteiger partial charge in [0.2, 0.25) is 0 Å². The first-order valence-electron chi connectivity index (χ1n) is 9.10. The SMILES string of the molecule is O=C(O)c1ccc(Cc2c[nH]c3ccc(C(=O)OCn4ccnc4)cc3c2=O)cc1. The van der Waals surface area contributed by atoms with Crippen LogP contribution in [0.15, 0.2) is 72.2 Å². The van der Waals surface area contributed by atoms with E-state index in [2.05, 4.69) is 9.97 Å². The Balaban J connectivity index is 1.58. The highest BCUT2D eigenvalue weighted by atomic mass is 16.5. The summed E-state index contributed by atoms with van der Waals surface area (Å²) in [7, 11) is 0. The fourth-order valence-electron chi connectivity index (χ4n) is 3.08. The molecule has 0 unspecified atom stereocenters. The number of carbonyl (C=O) groups excluding carboxylic acids is 1. The van der Waals surface area contributed by atoms with Crippen LogP contribution in [0.3, 0.4) is 0 Å². The molecule has 30 heavy (non-hydrogen) atoms. The first kappa shape index (κ1) is 19.1. The third-order valence-electron chi connectivity index (χ3n) is 4.69. The minimum atomic E-state index is -1.00. The summed E-state index contributed by atoms with van der Waals surface area (Å²) in [5.41, 5.74) is 2.18. The first-order valence-corrected chi connectivity index (χ1v) is 9.10. The lowest BCUT2D eigenvalue weighted by molar-refractivity contribution is 0.0372. The van der Waals surface area contributed by atoms with Crippen LogP contribution in [0.25, 0.3) is 10.9 Å². The summed E-state index contributed by atoms with van der Waals surface area (Å²) in [5, 5.41) is 9.37. The van der Waals surface area contributed by atoms with Crippen LogP contribution in [0, 0.1) is 0 Å². The molecule has 0 saturated heterocycles. The first-order chi connectivity index (χ1) is 14.5. The molecular weight excluding hydrogens is 386 g/mol. The lowest BCUT2D eigenvalue weighted by atomic mass is 10.0. The molecule has 4 aromatic rings. The Morgan fingerprint density at radius 3 is 2.57 bits per heavy atom. The Hall–Kier alpha value is -4.20. The number of aromatic nitrogens is 3. The number of aromatic carboxylic acids is 1. The van der Waals surface area contributed by atoms with Crippen LogP contribution < -0.4 is 5.43 Å². The molecule has 0 fully saturated rings. The number of imidazole rings is 1. The number of carboxylic acid groups (broad SMARTS) is 1. The Morgan fingerprint density at radius 1 is 1.10 bits per heavy atom. The number of ether oxygens (including phenoxy) is 1. The number of benzene rings is 2. The molecule has 8 nitrogen and oxygen atoms in total. The van der Waals surface area contributed by atoms with Gasteiger partial charge in [-0.1, -0.05) is 12.1 Å². The highest BCUT2D eigenvalue weighted by Crippen LogP contribution is 2.15. The summed E-state index contributed by atoms with van der Waals surface area (Å²) < 4.78 is 6.85. The maximum absolute atomic E-state index is 12.9. The van der Waals surface area contributed by atoms with E-state index >= 15 is 0 Å². The van der Waals surface area contributed by atoms with Crippen LogP contribution in [-0.4, -0.2) is 31.6 Å². The van der Waals surface area contributed by atoms with Gasteiger partial charge in [-0.25, -0.2) is 14.6 Å². The molecule has 2 heterocycles. The number of pyridine rings is 1. The van der Waals surface area contributed by atoms with Crippen molar-refractivity contribution in [1.29, 1.82) is 0 Å². The van der Waals surface area contributed by atoms with Crippen molar-refractivity contribution < 1.29 is 19.4 Å². The molecular formula is C22H17N3O5. The van der Waals surface area contributed by atoms with Crippen molar-refractivity contribution in [3.05, 3.63) is 99.9 Å². The molecule has 2 N–H and O–H groups in total. The Bertz CT molecular complexity index is 1270. The molecule has 0 spiro atoms. The molecule has 0 atom stereocenters. The lowest BCUT2D eigenvalue weighted by Crippen LogP contribution is -2.13. The van der Waals surface area contributed by atoms with Gasteiger partial charge in [-0.15, -0.1) is 0 Å². The quantitative estimate of drug-likeness (QED) is 0.479. The van der Waals surface area contributed by atoms with Gasteiger partial charge in [-0.05, 0) is 35.9 Å². The van der Waals surface area contributed by atoms with Gasteiger partial charge in [0.05, 0.1) is 17.5 Å². The molecule has 0 radical (unpaired) electrons. The van der Waals surface area contributed by atoms with Gasteiger partial charge in [0.15, 0.2) is 12.2 Å². The molecule has 0 amide bonds. The topological polar surface area (TPSA) is 114 Å². The maximum atomic E-state index is 12.9. The molecule has 8 heteroatoms. The zero-order chi connectivity index (χ0) is 21.1. The fraction of sp³-hybridized carbons (Fsp3) is 0.0909. The molecule has 0 bridgehead atoms. The zero-order valence-corrected chi connectivity index (χ0v) is 15.7. The number of aromatic amines is 1. The summed E-state index contributed by atoms with van der Waals surface area (Å²) >= 11 is 0. The highest BCUT2D eigenvalue weighted by Gasteiger charge is 2.12. The van der Waals surface area contributed by atoms with Crippen molar-refractivity contribution in [3.63, 3.8) is 0 Å². The average molecular weight is 403 g/mol. The van der Waals surface area contributed by atoms with Crippen LogP contribution >= 0.6 is 0 Å². The van der Waals surface area contributed by atoms with Crippen LogP contribution in [0.1, 0.15) is 31.8 Å². The van der Waals surface area contributed by atoms with E-state index in [1.807, 2.05) is 0 Å². The average Bonchev–Trinajstić information content (AvgIpc) is 3.28. The van der Waals surface area contributed by atoms with Crippen molar-refractivity contribution in [2.75, 3.05) is 0 Å². The van der Waals surface area contributed by atoms with Crippen LogP contribution in [-0.2, 0) is 17.9 Å². The predicted molar refractivity (Wildman–Crippen MR) is 108 cm³/mol. The van der Waals surface area contributed by atoms with Crippen LogP contribution in [0.5, 0.6) is 0 Å². The molecule has 0 aliphatic heterocycles. The molecule has 4 rings (SSSR count). The van der Waals surface area contributed by atoms with Gasteiger partial charge in [0.1, 0.15) is 0 Å². The Labute approximate surface area is 170 Å². The standard InChI is InChI=1S/C22H17N3O5/c26-20-17(9-14-1-3-15(4-2-14)21(27)28)11-24-19-6-5-16(10-18(19)20)22(29)30-13-25-8-7-23-12-25/h1-8,10-12H,9,13H2,(H,24,26)(H,27,28). The van der Waals surface area contributed by atoms with Crippen molar-refractivity contribution in [1.82, 2.24) is 14.5 Å². The van der Waals surface area contributed by atoms with E-state index < -0.39 is 11.9 Å². The molecule has 2 aromatic carbocycles. The smallest absolute Gasteiger partial charge is 0.339 e. The van der Waals surface area contributed by atoms with Crippen molar-refractivity contribution >= 4 is 22.8 Å². The summed E-state index contributed by atoms with van der Waals surface area (Å²) in [5.74, 6) is -1.54. The van der Waals surface area contributed by atoms with Crippen molar-refractivity contribution in [3.8, 4) is 0 Å². The van der Waals surface area contributed by atoms with E-state index in [4.69, 9.17) is 9.84 Å². The van der Waals surface area contributed by atoms with Gasteiger partial charge in [0, 0.05) is 41.5 Å². The number of carboxylic acids is 1. The predicted octanol–water partition coefficient (Wildman–Crippen LogP) is 2.83. The monoisotopic (exact) mass is 403 g/mol. The second-order valence-electron chi connectivity index (χ2n) is 6.72. The molecule has 0 aliphatic carbocycles. The van der Waals surface area contributed by atoms with Crippen molar-refractivity contribution in [2.24, 2.45) is 0 Å². The van der Waals surface area contributed by atoms with Crippen LogP contribution in [0.4, 0.5) is 0 Å². The van der Waals surface area contributed by atoms with Gasteiger partial charge in [0.25, 0.3) is 0 Å². The highest BCUT2D eigenvalue weighted by molar-refractivity contribution is 5.94. The summed E-state index contributed by atoms with van der Waals surface area (Å²) in [4.78, 5) is 43.2. The number of nitrogens with one attached hydrogen (secondary N) is 1. The number of hydrogen-bond acceptors (Lipinski definition) is 5. The van der Waals surface area contributed by atoms with Crippen molar-refractivity contribution in [2.45, 2.75) is 13.2 Å². The van der Waals surface area contributed by atoms with E-state index in [1.165, 1.54) is 24.5 Å². The second-order valence-corrected chi connectivity index (χ2v) is 6.72. The minimum absolute atomic E-state index is 0.0274. The Morgan fingerprint density at radius 2 is 1.87 bits per heavy atom. The summed E-state index contributed by atoms with van der Waals surface area (Å²) in [6.07, 6.45) is 6.76. The van der Waals surface area contributed by atoms with Gasteiger partial charge in [-0.2, -0.15) is 0 Å². The van der Waals surface area contributed by atoms with E-state index in [-0.39, 0.29) is 23.3 Å². The number of rotatable bonds is 6. The number of esters is 1. The number of carbonyl (C=O) groups is 2. The maximum Gasteiger partial charge on any atom is 0.339 e. The second kappa shape index (κ2) is 8.04. The van der Waals surface area contributed by atoms with Crippen LogP contribution in [0.2, 0.25) is 0 Å². The molecule has 2 aromatic heterocycles. The van der Waals surface area contributed by atoms with Gasteiger partial charge in [-0.3, -0.25) is 4.79 Å². The summed E-state index contributed by atoms with van der Waals surface area (Å²) in [6, 6.07) is 11.1. The Kier molecular flexibility index (Phi) is 5.13. The van der Waals surface area contributed by atoms with E-state index in [1.54, 1.807) is 47.4 Å². The van der Waals surface area contributed by atoms with E-state index in [0.29, 0.717) is 22.9 Å². The number of fused-ring (bicyclic) bond motifs is 1. The van der Waals surface area contributed by atoms with E-state index in [0.717, 1.165) is 5.56 Å². The largest absolute Gasteiger partial charge is 0.478 e. The lowest BCUT2D eigenvalue weighted by Gasteiger charge is -2.08. The van der Waals surface area contributed by atoms with Gasteiger partial charge >= 0.3 is 11.9 Å². The normalized spacial score (nSPS) is 10.8.